The maximum Gasteiger partial charge on any atom is 0.303 e. The summed E-state index contributed by atoms with van der Waals surface area (Å²) in [5.41, 5.74) is 4.12. The summed E-state index contributed by atoms with van der Waals surface area (Å²) >= 11 is 0. The highest BCUT2D eigenvalue weighted by Gasteiger charge is 2.66. The lowest BCUT2D eigenvalue weighted by Gasteiger charge is -2.63. The summed E-state index contributed by atoms with van der Waals surface area (Å²) in [6.45, 7) is 12.1. The quantitative estimate of drug-likeness (QED) is 0.184. The number of aliphatic carboxylic acids is 1. The number of ether oxygens (including phenoxy) is 1. The molecule has 6 saturated carbocycles. The molecular weight excluding hydrogens is 770 g/mol. The van der Waals surface area contributed by atoms with Crippen molar-refractivity contribution in [3.8, 4) is 0 Å². The van der Waals surface area contributed by atoms with Gasteiger partial charge in [-0.05, 0) is 190 Å². The molecule has 0 radical (unpaired) electrons. The molecule has 8 aliphatic carbocycles. The molecule has 9 rings (SSSR count). The Labute approximate surface area is 363 Å². The topological polar surface area (TPSA) is 128 Å². The van der Waals surface area contributed by atoms with Crippen molar-refractivity contribution in [1.82, 2.24) is 0 Å². The number of allylic oxidation sites excluding steroid dienone is 4. The van der Waals surface area contributed by atoms with Crippen LogP contribution in [0.2, 0.25) is 0 Å². The van der Waals surface area contributed by atoms with Crippen LogP contribution < -0.4 is 4.90 Å². The van der Waals surface area contributed by atoms with Crippen LogP contribution in [-0.2, 0) is 14.3 Å². The fourth-order valence-electron chi connectivity index (χ4n) is 16.5. The summed E-state index contributed by atoms with van der Waals surface area (Å²) in [5.74, 6) is 1.36. The van der Waals surface area contributed by atoms with Gasteiger partial charge in [0.1, 0.15) is 5.82 Å². The molecule has 0 amide bonds. The maximum atomic E-state index is 16.4. The minimum atomic E-state index is -0.773. The molecule has 9 heteroatoms. The predicted octanol–water partition coefficient (Wildman–Crippen LogP) is 9.40. The SMILES string of the molecule is C[C@H](CCC(=O)O)[C@H]1CC[C@H]2[C@@H]3[C@H](O)C[C@@H]4C[C@@H](OCCN(C)c5ccc([C@H]6C[C@@]7(C)C(CC[C@]7(C)O)C7CCC8=CC(=O)CCC8=C76)cc5F)CC[C@]4(C)[C@H]3C[C@H](O)[C@]12C. The third-order valence-corrected chi connectivity index (χ3v) is 20.2. The van der Waals surface area contributed by atoms with E-state index in [1.165, 1.54) is 16.7 Å². The van der Waals surface area contributed by atoms with Crippen LogP contribution in [0.1, 0.15) is 149 Å². The van der Waals surface area contributed by atoms with Crippen LogP contribution in [0.25, 0.3) is 0 Å². The summed E-state index contributed by atoms with van der Waals surface area (Å²) in [6, 6.07) is 5.76. The predicted molar refractivity (Wildman–Crippen MR) is 234 cm³/mol. The molecule has 6 fully saturated rings. The van der Waals surface area contributed by atoms with E-state index < -0.39 is 23.8 Å². The third-order valence-electron chi connectivity index (χ3n) is 20.2. The number of carbonyl (C=O) groups is 2. The Morgan fingerprint density at radius 2 is 1.75 bits per heavy atom. The van der Waals surface area contributed by atoms with Crippen molar-refractivity contribution in [1.29, 1.82) is 0 Å². The second-order valence-electron chi connectivity index (χ2n) is 22.7. The first-order chi connectivity index (χ1) is 28.9. The van der Waals surface area contributed by atoms with Crippen LogP contribution in [0.4, 0.5) is 10.1 Å². The Hall–Kier alpha value is -2.59. The zero-order chi connectivity index (χ0) is 43.4. The molecule has 61 heavy (non-hydrogen) atoms. The number of halogens is 1. The van der Waals surface area contributed by atoms with Gasteiger partial charge >= 0.3 is 5.97 Å². The number of hydrogen-bond acceptors (Lipinski definition) is 7. The Balaban J connectivity index is 0.847. The van der Waals surface area contributed by atoms with Crippen LogP contribution >= 0.6 is 0 Å². The average molecular weight is 844 g/mol. The monoisotopic (exact) mass is 844 g/mol. The van der Waals surface area contributed by atoms with Crippen molar-refractivity contribution in [2.75, 3.05) is 25.1 Å². The molecular formula is C52H74FNO7. The summed E-state index contributed by atoms with van der Waals surface area (Å²) in [5, 5.41) is 45.0. The van der Waals surface area contributed by atoms with E-state index in [0.29, 0.717) is 55.9 Å². The molecule has 0 aromatic heterocycles. The van der Waals surface area contributed by atoms with Crippen molar-refractivity contribution >= 4 is 17.4 Å². The highest BCUT2D eigenvalue weighted by Crippen LogP contribution is 2.69. The number of carboxylic acid groups (broad SMARTS) is 1. The van der Waals surface area contributed by atoms with E-state index in [2.05, 4.69) is 33.8 Å². The van der Waals surface area contributed by atoms with E-state index in [0.717, 1.165) is 82.6 Å². The lowest BCUT2D eigenvalue weighted by Crippen LogP contribution is -2.62. The van der Waals surface area contributed by atoms with E-state index in [1.54, 1.807) is 6.07 Å². The Morgan fingerprint density at radius 1 is 0.967 bits per heavy atom. The van der Waals surface area contributed by atoms with Crippen molar-refractivity contribution in [2.24, 2.45) is 63.6 Å². The standard InChI is InChI=1S/C52H74FNO7/c1-29(7-16-46(58)59)38-13-14-40-48-41(27-45(57)52(38,40)5)49(2)19-17-34(25-32(49)26-44(48)56)61-22-21-54(6)43-15-9-31(24-42(43)53)37-28-50(3)39(18-20-51(50,4)60)36-11-8-30-23-33(55)10-12-35(30)47(36)37/h9,15,23-24,29,32,34,36-41,44-45,48,56-57,60H,7-8,10-14,16-22,25-28H2,1-6H3,(H,58,59)/t29-,32+,34+,36?,37-,38-,39?,40+,41+,44-,45+,48+,49+,50+,51+,52-/m1/s1. The first-order valence-corrected chi connectivity index (χ1v) is 24.3. The van der Waals surface area contributed by atoms with Gasteiger partial charge < -0.3 is 30.1 Å². The van der Waals surface area contributed by atoms with Gasteiger partial charge in [0, 0.05) is 37.8 Å². The van der Waals surface area contributed by atoms with Gasteiger partial charge in [-0.3, -0.25) is 9.59 Å². The Morgan fingerprint density at radius 3 is 2.51 bits per heavy atom. The van der Waals surface area contributed by atoms with Crippen molar-refractivity contribution < 1.29 is 39.1 Å². The van der Waals surface area contributed by atoms with Gasteiger partial charge in [0.05, 0.1) is 36.2 Å². The van der Waals surface area contributed by atoms with Gasteiger partial charge in [0.2, 0.25) is 0 Å². The lowest BCUT2D eigenvalue weighted by atomic mass is 9.43. The molecule has 0 bridgehead atoms. The Kier molecular flexibility index (Phi) is 11.3. The highest BCUT2D eigenvalue weighted by molar-refractivity contribution is 5.93. The van der Waals surface area contributed by atoms with E-state index in [9.17, 15) is 30.0 Å². The molecule has 1 aromatic carbocycles. The molecule has 8 aliphatic rings. The normalized spacial score (nSPS) is 44.5. The molecule has 0 aliphatic heterocycles. The number of nitrogens with zero attached hydrogens (tertiary/aromatic N) is 1. The summed E-state index contributed by atoms with van der Waals surface area (Å²) in [7, 11) is 1.93. The van der Waals surface area contributed by atoms with Gasteiger partial charge in [-0.15, -0.1) is 0 Å². The molecule has 0 heterocycles. The van der Waals surface area contributed by atoms with E-state index >= 15 is 4.39 Å². The highest BCUT2D eigenvalue weighted by atomic mass is 19.1. The van der Waals surface area contributed by atoms with E-state index in [4.69, 9.17) is 4.74 Å². The van der Waals surface area contributed by atoms with Gasteiger partial charge in [0.25, 0.3) is 0 Å². The average Bonchev–Trinajstić information content (AvgIpc) is 3.69. The molecule has 336 valence electrons. The van der Waals surface area contributed by atoms with Crippen LogP contribution in [0.5, 0.6) is 0 Å². The molecule has 0 saturated heterocycles. The fraction of sp³-hybridized carbons (Fsp3) is 0.769. The largest absolute Gasteiger partial charge is 0.481 e. The molecule has 4 N–H and O–H groups in total. The third kappa shape index (κ3) is 7.02. The maximum absolute atomic E-state index is 16.4. The first-order valence-electron chi connectivity index (χ1n) is 24.3. The molecule has 2 unspecified atom stereocenters. The van der Waals surface area contributed by atoms with Crippen LogP contribution in [0.15, 0.2) is 41.0 Å². The van der Waals surface area contributed by atoms with E-state index in [-0.39, 0.29) is 75.9 Å². The number of rotatable bonds is 10. The zero-order valence-electron chi connectivity index (χ0n) is 37.8. The number of aliphatic hydroxyl groups is 3. The Bertz CT molecular complexity index is 1960. The summed E-state index contributed by atoms with van der Waals surface area (Å²) in [4.78, 5) is 25.8. The zero-order valence-corrected chi connectivity index (χ0v) is 37.8. The second-order valence-corrected chi connectivity index (χ2v) is 22.7. The van der Waals surface area contributed by atoms with Crippen molar-refractivity contribution in [3.05, 3.63) is 52.4 Å². The minimum Gasteiger partial charge on any atom is -0.481 e. The lowest BCUT2D eigenvalue weighted by molar-refractivity contribution is -0.209. The van der Waals surface area contributed by atoms with Crippen molar-refractivity contribution in [3.63, 3.8) is 0 Å². The number of hydrogen-bond donors (Lipinski definition) is 4. The molecule has 16 atom stereocenters. The number of ketones is 1. The molecule has 0 spiro atoms. The van der Waals surface area contributed by atoms with Gasteiger partial charge in [-0.2, -0.15) is 0 Å². The van der Waals surface area contributed by atoms with Gasteiger partial charge in [0.15, 0.2) is 5.78 Å². The number of fused-ring (bicyclic) bond motifs is 9. The smallest absolute Gasteiger partial charge is 0.303 e. The van der Waals surface area contributed by atoms with Crippen LogP contribution in [-0.4, -0.2) is 76.3 Å². The van der Waals surface area contributed by atoms with Crippen molar-refractivity contribution in [2.45, 2.75) is 167 Å². The molecule has 8 nitrogen and oxygen atoms in total. The number of aliphatic hydroxyl groups excluding tert-OH is 2. The van der Waals surface area contributed by atoms with Crippen LogP contribution in [0, 0.1) is 69.4 Å². The van der Waals surface area contributed by atoms with Gasteiger partial charge in [-0.25, -0.2) is 4.39 Å². The summed E-state index contributed by atoms with van der Waals surface area (Å²) < 4.78 is 22.9. The van der Waals surface area contributed by atoms with Crippen LogP contribution in [0.3, 0.4) is 0 Å². The minimum absolute atomic E-state index is 0.00102. The number of carboxylic acids is 1. The number of anilines is 1. The second kappa shape index (κ2) is 15.8. The van der Waals surface area contributed by atoms with Gasteiger partial charge in [-0.1, -0.05) is 39.3 Å². The number of carbonyl (C=O) groups excluding carboxylic acids is 1. The molecule has 1 aromatic rings. The summed E-state index contributed by atoms with van der Waals surface area (Å²) in [6.07, 6.45) is 13.9. The fourth-order valence-corrected chi connectivity index (χ4v) is 16.5. The number of likely N-dealkylation sites (N-methyl/N-ethyl adjacent to an activating group) is 1. The first kappa shape index (κ1) is 43.7. The number of benzene rings is 1. The van der Waals surface area contributed by atoms with E-state index in [1.807, 2.05) is 31.0 Å².